The van der Waals surface area contributed by atoms with Gasteiger partial charge in [-0.25, -0.2) is 13.2 Å². The first-order valence-corrected chi connectivity index (χ1v) is 14.4. The molecule has 3 aromatic carbocycles. The van der Waals surface area contributed by atoms with E-state index in [-0.39, 0.29) is 26.9 Å². The van der Waals surface area contributed by atoms with E-state index in [1.165, 1.54) is 28.9 Å². The van der Waals surface area contributed by atoms with E-state index in [0.717, 1.165) is 5.56 Å². The standard InChI is InChI=1S/C30H32N2O7S/c1-6-36-25-18-22(19-26(37-7-2)27(25)38-8-3)30(33)39-29-28(40(34,35)24-16-14-20(4)15-17-24)21(5)31-32(29)23-12-10-9-11-13-23/h9-19H,6-8H2,1-5H3. The van der Waals surface area contributed by atoms with Crippen LogP contribution in [0, 0.1) is 13.8 Å². The summed E-state index contributed by atoms with van der Waals surface area (Å²) in [6, 6.07) is 18.3. The van der Waals surface area contributed by atoms with Crippen LogP contribution in [0.15, 0.2) is 76.5 Å². The lowest BCUT2D eigenvalue weighted by molar-refractivity contribution is 0.0717. The summed E-state index contributed by atoms with van der Waals surface area (Å²) in [6.45, 7) is 9.89. The van der Waals surface area contributed by atoms with Crippen LogP contribution in [-0.2, 0) is 9.84 Å². The van der Waals surface area contributed by atoms with Crippen LogP contribution in [0.4, 0.5) is 0 Å². The number of carbonyl (C=O) groups excluding carboxylic acids is 1. The summed E-state index contributed by atoms with van der Waals surface area (Å²) < 4.78 is 52.1. The van der Waals surface area contributed by atoms with Gasteiger partial charge < -0.3 is 18.9 Å². The molecule has 40 heavy (non-hydrogen) atoms. The van der Waals surface area contributed by atoms with Crippen LogP contribution in [0.3, 0.4) is 0 Å². The Balaban J connectivity index is 1.87. The third-order valence-corrected chi connectivity index (χ3v) is 7.80. The van der Waals surface area contributed by atoms with Crippen molar-refractivity contribution in [3.63, 3.8) is 0 Å². The number of hydrogen-bond acceptors (Lipinski definition) is 8. The molecular formula is C30H32N2O7S. The summed E-state index contributed by atoms with van der Waals surface area (Å²) in [6.07, 6.45) is 0. The number of aryl methyl sites for hydroxylation is 2. The van der Waals surface area contributed by atoms with Gasteiger partial charge in [-0.05, 0) is 71.0 Å². The Kier molecular flexibility index (Phi) is 8.79. The Morgan fingerprint density at radius 2 is 1.40 bits per heavy atom. The highest BCUT2D eigenvalue weighted by atomic mass is 32.2. The number of nitrogens with zero attached hydrogens (tertiary/aromatic N) is 2. The molecule has 1 aromatic heterocycles. The number of ether oxygens (including phenoxy) is 4. The van der Waals surface area contributed by atoms with Gasteiger partial charge in [0.1, 0.15) is 0 Å². The second-order valence-corrected chi connectivity index (χ2v) is 10.7. The van der Waals surface area contributed by atoms with E-state index in [9.17, 15) is 13.2 Å². The van der Waals surface area contributed by atoms with Crippen LogP contribution >= 0.6 is 0 Å². The second-order valence-electron chi connectivity index (χ2n) is 8.77. The molecule has 0 aliphatic rings. The van der Waals surface area contributed by atoms with Crippen molar-refractivity contribution in [2.45, 2.75) is 44.4 Å². The zero-order valence-electron chi connectivity index (χ0n) is 23.1. The summed E-state index contributed by atoms with van der Waals surface area (Å²) in [5.41, 5.74) is 1.71. The lowest BCUT2D eigenvalue weighted by Crippen LogP contribution is -2.15. The minimum atomic E-state index is -4.11. The lowest BCUT2D eigenvalue weighted by Gasteiger charge is -2.17. The molecule has 0 aliphatic carbocycles. The van der Waals surface area contributed by atoms with Crippen molar-refractivity contribution in [1.82, 2.24) is 9.78 Å². The minimum Gasteiger partial charge on any atom is -0.490 e. The Morgan fingerprint density at radius 1 is 0.825 bits per heavy atom. The highest BCUT2D eigenvalue weighted by Crippen LogP contribution is 2.40. The Bertz CT molecular complexity index is 1570. The predicted molar refractivity (Wildman–Crippen MR) is 150 cm³/mol. The van der Waals surface area contributed by atoms with Gasteiger partial charge in [0, 0.05) is 0 Å². The molecule has 4 aromatic rings. The topological polar surface area (TPSA) is 106 Å². The van der Waals surface area contributed by atoms with Gasteiger partial charge in [-0.1, -0.05) is 35.9 Å². The van der Waals surface area contributed by atoms with Gasteiger partial charge in [0.2, 0.25) is 21.5 Å². The zero-order chi connectivity index (χ0) is 28.9. The average Bonchev–Trinajstić information content (AvgIpc) is 3.27. The van der Waals surface area contributed by atoms with E-state index in [4.69, 9.17) is 18.9 Å². The van der Waals surface area contributed by atoms with E-state index < -0.39 is 15.8 Å². The van der Waals surface area contributed by atoms with Crippen LogP contribution in [-0.4, -0.2) is 44.0 Å². The van der Waals surface area contributed by atoms with Crippen LogP contribution in [0.25, 0.3) is 5.69 Å². The molecular weight excluding hydrogens is 532 g/mol. The van der Waals surface area contributed by atoms with Crippen LogP contribution in [0.1, 0.15) is 42.4 Å². The van der Waals surface area contributed by atoms with Gasteiger partial charge in [-0.3, -0.25) is 0 Å². The third-order valence-electron chi connectivity index (χ3n) is 5.90. The monoisotopic (exact) mass is 564 g/mol. The number of carbonyl (C=O) groups is 1. The van der Waals surface area contributed by atoms with Crippen molar-refractivity contribution in [2.75, 3.05) is 19.8 Å². The van der Waals surface area contributed by atoms with Gasteiger partial charge >= 0.3 is 5.97 Å². The number of aromatic nitrogens is 2. The van der Waals surface area contributed by atoms with Crippen molar-refractivity contribution in [2.24, 2.45) is 0 Å². The Hall–Kier alpha value is -4.31. The van der Waals surface area contributed by atoms with E-state index in [1.807, 2.05) is 33.8 Å². The van der Waals surface area contributed by atoms with Crippen molar-refractivity contribution in [3.8, 4) is 28.8 Å². The fourth-order valence-corrected chi connectivity index (χ4v) is 5.64. The fraction of sp³-hybridized carbons (Fsp3) is 0.267. The quantitative estimate of drug-likeness (QED) is 0.213. The van der Waals surface area contributed by atoms with Gasteiger partial charge in [-0.2, -0.15) is 9.78 Å². The maximum Gasteiger partial charge on any atom is 0.345 e. The zero-order valence-corrected chi connectivity index (χ0v) is 23.9. The smallest absolute Gasteiger partial charge is 0.345 e. The average molecular weight is 565 g/mol. The van der Waals surface area contributed by atoms with Crippen LogP contribution in [0.2, 0.25) is 0 Å². The molecule has 0 saturated heterocycles. The van der Waals surface area contributed by atoms with Crippen LogP contribution in [0.5, 0.6) is 23.1 Å². The molecule has 0 bridgehead atoms. The molecule has 9 nitrogen and oxygen atoms in total. The Labute approximate surface area is 234 Å². The first-order valence-electron chi connectivity index (χ1n) is 13.0. The van der Waals surface area contributed by atoms with Gasteiger partial charge in [0.25, 0.3) is 0 Å². The van der Waals surface area contributed by atoms with Gasteiger partial charge in [0.15, 0.2) is 16.4 Å². The molecule has 0 atom stereocenters. The molecule has 0 unspecified atom stereocenters. The first-order chi connectivity index (χ1) is 19.2. The number of esters is 1. The summed E-state index contributed by atoms with van der Waals surface area (Å²) in [5.74, 6) is -0.0537. The molecule has 0 N–H and O–H groups in total. The SMILES string of the molecule is CCOc1cc(C(=O)Oc2c(S(=O)(=O)c3ccc(C)cc3)c(C)nn2-c2ccccc2)cc(OCC)c1OCC. The minimum absolute atomic E-state index is 0.0597. The normalized spacial score (nSPS) is 11.2. The van der Waals surface area contributed by atoms with E-state index in [0.29, 0.717) is 42.8 Å². The van der Waals surface area contributed by atoms with Crippen molar-refractivity contribution in [1.29, 1.82) is 0 Å². The number of para-hydroxylation sites is 1. The summed E-state index contributed by atoms with van der Waals surface area (Å²) in [7, 11) is -4.11. The van der Waals surface area contributed by atoms with Crippen molar-refractivity contribution in [3.05, 3.63) is 83.6 Å². The first kappa shape index (κ1) is 28.7. The maximum atomic E-state index is 13.8. The number of hydrogen-bond donors (Lipinski definition) is 0. The van der Waals surface area contributed by atoms with Gasteiger partial charge in [0.05, 0.1) is 41.7 Å². The molecule has 10 heteroatoms. The Morgan fingerprint density at radius 3 is 1.95 bits per heavy atom. The maximum absolute atomic E-state index is 13.8. The van der Waals surface area contributed by atoms with E-state index >= 15 is 0 Å². The van der Waals surface area contributed by atoms with Gasteiger partial charge in [-0.15, -0.1) is 0 Å². The molecule has 0 amide bonds. The molecule has 210 valence electrons. The molecule has 4 rings (SSSR count). The number of sulfone groups is 1. The summed E-state index contributed by atoms with van der Waals surface area (Å²) in [5, 5.41) is 4.46. The molecule has 1 heterocycles. The lowest BCUT2D eigenvalue weighted by atomic mass is 10.2. The van der Waals surface area contributed by atoms with Crippen LogP contribution < -0.4 is 18.9 Å². The fourth-order valence-electron chi connectivity index (χ4n) is 4.12. The highest BCUT2D eigenvalue weighted by Gasteiger charge is 2.32. The second kappa shape index (κ2) is 12.3. The van der Waals surface area contributed by atoms with E-state index in [2.05, 4.69) is 5.10 Å². The number of rotatable bonds is 11. The number of benzene rings is 3. The van der Waals surface area contributed by atoms with Crippen molar-refractivity contribution >= 4 is 15.8 Å². The molecule has 0 saturated carbocycles. The summed E-state index contributed by atoms with van der Waals surface area (Å²) >= 11 is 0. The molecule has 0 radical (unpaired) electrons. The predicted octanol–water partition coefficient (Wildman–Crippen LogP) is 5.74. The third kappa shape index (κ3) is 5.81. The largest absolute Gasteiger partial charge is 0.490 e. The van der Waals surface area contributed by atoms with E-state index in [1.54, 1.807) is 43.3 Å². The molecule has 0 fully saturated rings. The molecule has 0 spiro atoms. The summed E-state index contributed by atoms with van der Waals surface area (Å²) in [4.78, 5) is 13.5. The highest BCUT2D eigenvalue weighted by molar-refractivity contribution is 7.91. The van der Waals surface area contributed by atoms with Crippen molar-refractivity contribution < 1.29 is 32.2 Å². The molecule has 0 aliphatic heterocycles.